The van der Waals surface area contributed by atoms with Gasteiger partial charge < -0.3 is 9.15 Å². The van der Waals surface area contributed by atoms with E-state index in [-0.39, 0.29) is 0 Å². The smallest absolute Gasteiger partial charge is 0.152 e. The lowest BCUT2D eigenvalue weighted by Gasteiger charge is -1.95. The van der Waals surface area contributed by atoms with Crippen LogP contribution in [0.2, 0.25) is 5.02 Å². The van der Waals surface area contributed by atoms with E-state index in [0.717, 1.165) is 16.7 Å². The highest BCUT2D eigenvalue weighted by molar-refractivity contribution is 6.34. The quantitative estimate of drug-likeness (QED) is 0.772. The predicted molar refractivity (Wildman–Crippen MR) is 56.6 cm³/mol. The summed E-state index contributed by atoms with van der Waals surface area (Å²) in [5.41, 5.74) is 0.740. The first-order valence-electron chi connectivity index (χ1n) is 4.56. The third kappa shape index (κ3) is 1.76. The van der Waals surface area contributed by atoms with Crippen LogP contribution in [-0.2, 0) is 11.3 Å². The first-order chi connectivity index (χ1) is 6.81. The molecule has 1 aromatic heterocycles. The van der Waals surface area contributed by atoms with Crippen molar-refractivity contribution in [2.75, 3.05) is 6.61 Å². The highest BCUT2D eigenvalue weighted by atomic mass is 35.5. The summed E-state index contributed by atoms with van der Waals surface area (Å²) in [4.78, 5) is 0. The Morgan fingerprint density at radius 3 is 3.00 bits per heavy atom. The molecule has 1 heterocycles. The molecule has 0 N–H and O–H groups in total. The monoisotopic (exact) mass is 210 g/mol. The number of fused-ring (bicyclic) bond motifs is 1. The molecular weight excluding hydrogens is 200 g/mol. The van der Waals surface area contributed by atoms with E-state index in [1.54, 1.807) is 0 Å². The summed E-state index contributed by atoms with van der Waals surface area (Å²) in [6.07, 6.45) is 0. The van der Waals surface area contributed by atoms with Gasteiger partial charge in [-0.2, -0.15) is 0 Å². The molecule has 0 aliphatic heterocycles. The van der Waals surface area contributed by atoms with Crippen molar-refractivity contribution < 1.29 is 9.15 Å². The van der Waals surface area contributed by atoms with Gasteiger partial charge in [-0.1, -0.05) is 23.7 Å². The Hall–Kier alpha value is -0.990. The van der Waals surface area contributed by atoms with Gasteiger partial charge in [-0.3, -0.25) is 0 Å². The third-order valence-corrected chi connectivity index (χ3v) is 2.29. The highest BCUT2D eigenvalue weighted by Gasteiger charge is 2.05. The normalized spacial score (nSPS) is 11.0. The van der Waals surface area contributed by atoms with Crippen molar-refractivity contribution in [3.05, 3.63) is 35.0 Å². The van der Waals surface area contributed by atoms with Gasteiger partial charge in [-0.15, -0.1) is 0 Å². The second kappa shape index (κ2) is 4.03. The van der Waals surface area contributed by atoms with Crippen LogP contribution in [0.3, 0.4) is 0 Å². The number of benzene rings is 1. The van der Waals surface area contributed by atoms with Crippen molar-refractivity contribution in [2.45, 2.75) is 13.5 Å². The molecule has 1 aromatic carbocycles. The van der Waals surface area contributed by atoms with Crippen molar-refractivity contribution in [1.29, 1.82) is 0 Å². The minimum absolute atomic E-state index is 0.501. The Morgan fingerprint density at radius 1 is 1.43 bits per heavy atom. The maximum atomic E-state index is 5.97. The van der Waals surface area contributed by atoms with Gasteiger partial charge in [0.15, 0.2) is 5.58 Å². The topological polar surface area (TPSA) is 22.4 Å². The molecule has 0 radical (unpaired) electrons. The van der Waals surface area contributed by atoms with Gasteiger partial charge in [0, 0.05) is 12.0 Å². The fourth-order valence-corrected chi connectivity index (χ4v) is 1.58. The van der Waals surface area contributed by atoms with E-state index in [1.165, 1.54) is 0 Å². The summed E-state index contributed by atoms with van der Waals surface area (Å²) >= 11 is 5.97. The van der Waals surface area contributed by atoms with E-state index in [0.29, 0.717) is 18.2 Å². The second-order valence-electron chi connectivity index (χ2n) is 3.01. The Kier molecular flexibility index (Phi) is 2.75. The summed E-state index contributed by atoms with van der Waals surface area (Å²) in [7, 11) is 0. The molecule has 74 valence electrons. The van der Waals surface area contributed by atoms with E-state index < -0.39 is 0 Å². The predicted octanol–water partition coefficient (Wildman–Crippen LogP) is 3.62. The molecule has 0 fully saturated rings. The van der Waals surface area contributed by atoms with Gasteiger partial charge >= 0.3 is 0 Å². The molecule has 2 nitrogen and oxygen atoms in total. The Labute approximate surface area is 87.4 Å². The van der Waals surface area contributed by atoms with Crippen LogP contribution >= 0.6 is 11.6 Å². The van der Waals surface area contributed by atoms with E-state index in [2.05, 4.69) is 0 Å². The Bertz CT molecular complexity index is 434. The molecule has 0 aliphatic rings. The van der Waals surface area contributed by atoms with Crippen LogP contribution in [0, 0.1) is 0 Å². The summed E-state index contributed by atoms with van der Waals surface area (Å²) in [5.74, 6) is 0.815. The van der Waals surface area contributed by atoms with Crippen molar-refractivity contribution in [3.63, 3.8) is 0 Å². The fraction of sp³-hybridized carbons (Fsp3) is 0.273. The van der Waals surface area contributed by atoms with Gasteiger partial charge in [-0.05, 0) is 19.1 Å². The summed E-state index contributed by atoms with van der Waals surface area (Å²) < 4.78 is 10.8. The Morgan fingerprint density at radius 2 is 2.29 bits per heavy atom. The van der Waals surface area contributed by atoms with Crippen LogP contribution in [0.25, 0.3) is 11.0 Å². The minimum atomic E-state index is 0.501. The summed E-state index contributed by atoms with van der Waals surface area (Å²) in [6, 6.07) is 7.65. The second-order valence-corrected chi connectivity index (χ2v) is 3.42. The maximum absolute atomic E-state index is 5.97. The van der Waals surface area contributed by atoms with Gasteiger partial charge in [0.1, 0.15) is 12.4 Å². The van der Waals surface area contributed by atoms with Gasteiger partial charge in [0.25, 0.3) is 0 Å². The van der Waals surface area contributed by atoms with Crippen molar-refractivity contribution >= 4 is 22.6 Å². The molecule has 0 saturated carbocycles. The maximum Gasteiger partial charge on any atom is 0.152 e. The summed E-state index contributed by atoms with van der Waals surface area (Å²) in [5, 5.41) is 1.66. The first kappa shape index (κ1) is 9.56. The zero-order valence-corrected chi connectivity index (χ0v) is 8.67. The first-order valence-corrected chi connectivity index (χ1v) is 4.93. The van der Waals surface area contributed by atoms with Crippen LogP contribution in [0.4, 0.5) is 0 Å². The van der Waals surface area contributed by atoms with Crippen LogP contribution in [0.15, 0.2) is 28.7 Å². The fourth-order valence-electron chi connectivity index (χ4n) is 1.35. The largest absolute Gasteiger partial charge is 0.457 e. The molecule has 0 amide bonds. The van der Waals surface area contributed by atoms with Gasteiger partial charge in [0.05, 0.1) is 5.02 Å². The highest BCUT2D eigenvalue weighted by Crippen LogP contribution is 2.26. The van der Waals surface area contributed by atoms with Crippen molar-refractivity contribution in [1.82, 2.24) is 0 Å². The SMILES string of the molecule is CCOCc1cc2cccc(Cl)c2o1. The zero-order valence-electron chi connectivity index (χ0n) is 7.92. The zero-order chi connectivity index (χ0) is 9.97. The molecule has 0 bridgehead atoms. The van der Waals surface area contributed by atoms with Crippen LogP contribution in [-0.4, -0.2) is 6.61 Å². The van der Waals surface area contributed by atoms with E-state index in [1.807, 2.05) is 31.2 Å². The van der Waals surface area contributed by atoms with Crippen LogP contribution in [0.5, 0.6) is 0 Å². The lowest BCUT2D eigenvalue weighted by Crippen LogP contribution is -1.88. The molecule has 2 rings (SSSR count). The Balaban J connectivity index is 2.36. The van der Waals surface area contributed by atoms with Crippen LogP contribution in [0.1, 0.15) is 12.7 Å². The molecule has 2 aromatic rings. The van der Waals surface area contributed by atoms with Crippen molar-refractivity contribution in [2.24, 2.45) is 0 Å². The number of para-hydroxylation sites is 1. The van der Waals surface area contributed by atoms with Gasteiger partial charge in [0.2, 0.25) is 0 Å². The molecule has 14 heavy (non-hydrogen) atoms. The lowest BCUT2D eigenvalue weighted by atomic mass is 10.2. The van der Waals surface area contributed by atoms with E-state index >= 15 is 0 Å². The average Bonchev–Trinajstić information content (AvgIpc) is 2.59. The molecule has 3 heteroatoms. The molecular formula is C11H11ClO2. The third-order valence-electron chi connectivity index (χ3n) is 2.00. The molecule has 0 saturated heterocycles. The number of rotatable bonds is 3. The van der Waals surface area contributed by atoms with Gasteiger partial charge in [-0.25, -0.2) is 0 Å². The van der Waals surface area contributed by atoms with E-state index in [4.69, 9.17) is 20.8 Å². The van der Waals surface area contributed by atoms with Crippen molar-refractivity contribution in [3.8, 4) is 0 Å². The number of furan rings is 1. The number of hydrogen-bond donors (Lipinski definition) is 0. The lowest BCUT2D eigenvalue weighted by molar-refractivity contribution is 0.119. The molecule has 0 atom stereocenters. The summed E-state index contributed by atoms with van der Waals surface area (Å²) in [6.45, 7) is 3.14. The van der Waals surface area contributed by atoms with E-state index in [9.17, 15) is 0 Å². The number of halogens is 1. The van der Waals surface area contributed by atoms with Crippen LogP contribution < -0.4 is 0 Å². The average molecular weight is 211 g/mol. The standard InChI is InChI=1S/C11H11ClO2/c1-2-13-7-9-6-8-4-3-5-10(12)11(8)14-9/h3-6H,2,7H2,1H3. The molecule has 0 spiro atoms. The number of hydrogen-bond acceptors (Lipinski definition) is 2. The number of ether oxygens (including phenoxy) is 1. The molecule has 0 aliphatic carbocycles. The minimum Gasteiger partial charge on any atom is -0.457 e. The molecule has 0 unspecified atom stereocenters.